The fourth-order valence-corrected chi connectivity index (χ4v) is 4.25. The van der Waals surface area contributed by atoms with Crippen LogP contribution in [-0.4, -0.2) is 54.7 Å². The molecule has 2 fully saturated rings. The van der Waals surface area contributed by atoms with E-state index in [9.17, 15) is 0 Å². The minimum absolute atomic E-state index is 0.816. The van der Waals surface area contributed by atoms with Crippen LogP contribution in [0.2, 0.25) is 0 Å². The molecule has 0 spiro atoms. The van der Waals surface area contributed by atoms with Gasteiger partial charge < -0.3 is 4.48 Å². The summed E-state index contributed by atoms with van der Waals surface area (Å²) in [6, 6.07) is 1.82. The summed E-state index contributed by atoms with van der Waals surface area (Å²) < 4.78 is 1.37. The molecule has 2 bridgehead atoms. The van der Waals surface area contributed by atoms with Gasteiger partial charge in [0.05, 0.1) is 26.7 Å². The summed E-state index contributed by atoms with van der Waals surface area (Å²) in [7, 11) is 2.52. The quantitative estimate of drug-likeness (QED) is 0.682. The Morgan fingerprint density at radius 1 is 1.00 bits per heavy atom. The zero-order chi connectivity index (χ0) is 12.6. The second-order valence-corrected chi connectivity index (χ2v) is 7.42. The van der Waals surface area contributed by atoms with Crippen LogP contribution >= 0.6 is 0 Å². The van der Waals surface area contributed by atoms with Crippen molar-refractivity contribution in [1.29, 1.82) is 0 Å². The van der Waals surface area contributed by atoms with Gasteiger partial charge in [-0.25, -0.2) is 0 Å². The van der Waals surface area contributed by atoms with Gasteiger partial charge in [0.25, 0.3) is 0 Å². The number of likely N-dealkylation sites (tertiary alicyclic amines) is 1. The summed E-state index contributed by atoms with van der Waals surface area (Å²) in [5.74, 6) is 1.65. The van der Waals surface area contributed by atoms with Crippen LogP contribution in [0.4, 0.5) is 0 Å². The molecular formula is C15H31N2+. The van der Waals surface area contributed by atoms with Crippen molar-refractivity contribution in [2.24, 2.45) is 11.8 Å². The number of quaternary nitrogens is 1. The van der Waals surface area contributed by atoms with Crippen LogP contribution in [0.3, 0.4) is 0 Å². The third kappa shape index (κ3) is 2.68. The highest BCUT2D eigenvalue weighted by atomic mass is 15.5. The van der Waals surface area contributed by atoms with Gasteiger partial charge in [-0.3, -0.25) is 4.90 Å². The van der Waals surface area contributed by atoms with Crippen molar-refractivity contribution in [2.75, 3.05) is 33.2 Å². The Kier molecular flexibility index (Phi) is 3.84. The summed E-state index contributed by atoms with van der Waals surface area (Å²) in [5.41, 5.74) is 0. The van der Waals surface area contributed by atoms with Crippen molar-refractivity contribution in [1.82, 2.24) is 4.90 Å². The summed E-state index contributed by atoms with van der Waals surface area (Å²) >= 11 is 0. The topological polar surface area (TPSA) is 3.24 Å². The predicted octanol–water partition coefficient (Wildman–Crippen LogP) is 2.59. The van der Waals surface area contributed by atoms with E-state index in [1.165, 1.54) is 43.5 Å². The van der Waals surface area contributed by atoms with Gasteiger partial charge in [-0.15, -0.1) is 0 Å². The van der Waals surface area contributed by atoms with E-state index < -0.39 is 0 Å². The van der Waals surface area contributed by atoms with Gasteiger partial charge in [0.2, 0.25) is 0 Å². The molecule has 2 saturated heterocycles. The van der Waals surface area contributed by atoms with E-state index in [2.05, 4.69) is 39.6 Å². The maximum Gasteiger partial charge on any atom is 0.102 e. The van der Waals surface area contributed by atoms with Gasteiger partial charge in [0.1, 0.15) is 12.1 Å². The van der Waals surface area contributed by atoms with Crippen LogP contribution in [0.15, 0.2) is 0 Å². The van der Waals surface area contributed by atoms with E-state index in [1.807, 2.05) is 0 Å². The van der Waals surface area contributed by atoms with Crippen molar-refractivity contribution < 1.29 is 4.48 Å². The molecule has 0 aliphatic carbocycles. The third-order valence-corrected chi connectivity index (χ3v) is 4.82. The van der Waals surface area contributed by atoms with Gasteiger partial charge in [-0.2, -0.15) is 0 Å². The molecule has 0 radical (unpaired) electrons. The van der Waals surface area contributed by atoms with Crippen molar-refractivity contribution in [3.05, 3.63) is 0 Å². The lowest BCUT2D eigenvalue weighted by Crippen LogP contribution is -2.65. The van der Waals surface area contributed by atoms with Crippen molar-refractivity contribution in [3.8, 4) is 0 Å². The fourth-order valence-electron chi connectivity index (χ4n) is 4.25. The molecule has 0 aromatic heterocycles. The monoisotopic (exact) mass is 239 g/mol. The summed E-state index contributed by atoms with van der Waals surface area (Å²) in [4.78, 5) is 2.73. The first kappa shape index (κ1) is 13.4. The Morgan fingerprint density at radius 3 is 1.94 bits per heavy atom. The standard InChI is InChI=1S/C15H31N2/c1-12(2)8-16-9-14-6-7-15(10-16)17(14,5)11-13(3)4/h12-15H,6-11H2,1-5H3/q+1. The van der Waals surface area contributed by atoms with E-state index in [0.717, 1.165) is 23.9 Å². The summed E-state index contributed by atoms with van der Waals surface area (Å²) in [6.07, 6.45) is 2.92. The van der Waals surface area contributed by atoms with E-state index in [1.54, 1.807) is 0 Å². The maximum absolute atomic E-state index is 2.73. The lowest BCUT2D eigenvalue weighted by molar-refractivity contribution is -0.950. The molecule has 2 aliphatic heterocycles. The molecule has 0 aromatic rings. The smallest absolute Gasteiger partial charge is 0.102 e. The van der Waals surface area contributed by atoms with Crippen molar-refractivity contribution >= 4 is 0 Å². The zero-order valence-corrected chi connectivity index (χ0v) is 12.4. The number of nitrogens with zero attached hydrogens (tertiary/aromatic N) is 2. The largest absolute Gasteiger partial charge is 0.319 e. The average molecular weight is 239 g/mol. The Balaban J connectivity index is 2.02. The molecule has 2 atom stereocenters. The molecule has 2 aliphatic rings. The molecule has 100 valence electrons. The Bertz CT molecular complexity index is 246. The number of piperazine rings is 1. The molecule has 2 nitrogen and oxygen atoms in total. The van der Waals surface area contributed by atoms with Crippen LogP contribution < -0.4 is 0 Å². The number of likely N-dealkylation sites (N-methyl/N-ethyl adjacent to an activating group) is 1. The van der Waals surface area contributed by atoms with Gasteiger partial charge in [0.15, 0.2) is 0 Å². The van der Waals surface area contributed by atoms with Crippen LogP contribution in [0.25, 0.3) is 0 Å². The first-order valence-electron chi connectivity index (χ1n) is 7.49. The van der Waals surface area contributed by atoms with Crippen LogP contribution in [-0.2, 0) is 0 Å². The van der Waals surface area contributed by atoms with Gasteiger partial charge in [0, 0.05) is 25.3 Å². The molecule has 2 heterocycles. The fraction of sp³-hybridized carbons (Fsp3) is 1.00. The molecule has 2 heteroatoms. The lowest BCUT2D eigenvalue weighted by Gasteiger charge is -2.49. The summed E-state index contributed by atoms with van der Waals surface area (Å²) in [6.45, 7) is 14.8. The zero-order valence-electron chi connectivity index (χ0n) is 12.4. The second kappa shape index (κ2) is 4.89. The van der Waals surface area contributed by atoms with Crippen LogP contribution in [0.5, 0.6) is 0 Å². The highest BCUT2D eigenvalue weighted by Gasteiger charge is 2.50. The first-order valence-corrected chi connectivity index (χ1v) is 7.49. The van der Waals surface area contributed by atoms with Crippen LogP contribution in [0.1, 0.15) is 40.5 Å². The minimum Gasteiger partial charge on any atom is -0.319 e. The molecule has 0 amide bonds. The summed E-state index contributed by atoms with van der Waals surface area (Å²) in [5, 5.41) is 0. The van der Waals surface area contributed by atoms with E-state index in [4.69, 9.17) is 0 Å². The molecule has 17 heavy (non-hydrogen) atoms. The average Bonchev–Trinajstić information content (AvgIpc) is 2.38. The molecule has 0 aromatic carbocycles. The molecule has 2 rings (SSSR count). The molecule has 0 saturated carbocycles. The minimum atomic E-state index is 0.816. The highest BCUT2D eigenvalue weighted by Crippen LogP contribution is 2.37. The van der Waals surface area contributed by atoms with Crippen LogP contribution in [0, 0.1) is 11.8 Å². The predicted molar refractivity (Wildman–Crippen MR) is 74.0 cm³/mol. The first-order chi connectivity index (χ1) is 7.91. The van der Waals surface area contributed by atoms with Crippen molar-refractivity contribution in [3.63, 3.8) is 0 Å². The SMILES string of the molecule is CC(C)CN1CC2CCC(C1)[N+]2(C)CC(C)C. The Labute approximate surface area is 108 Å². The Morgan fingerprint density at radius 2 is 1.53 bits per heavy atom. The number of rotatable bonds is 4. The van der Waals surface area contributed by atoms with Gasteiger partial charge in [-0.1, -0.05) is 27.7 Å². The number of hydrogen-bond acceptors (Lipinski definition) is 1. The van der Waals surface area contributed by atoms with Gasteiger partial charge >= 0.3 is 0 Å². The molecule has 0 N–H and O–H groups in total. The van der Waals surface area contributed by atoms with E-state index >= 15 is 0 Å². The van der Waals surface area contributed by atoms with Gasteiger partial charge in [-0.05, 0) is 5.92 Å². The normalized spacial score (nSPS) is 38.3. The highest BCUT2D eigenvalue weighted by molar-refractivity contribution is 4.86. The van der Waals surface area contributed by atoms with E-state index in [0.29, 0.717) is 0 Å². The number of fused-ring (bicyclic) bond motifs is 2. The number of hydrogen-bond donors (Lipinski definition) is 0. The second-order valence-electron chi connectivity index (χ2n) is 7.42. The van der Waals surface area contributed by atoms with E-state index in [-0.39, 0.29) is 0 Å². The maximum atomic E-state index is 2.73. The van der Waals surface area contributed by atoms with Crippen molar-refractivity contribution in [2.45, 2.75) is 52.6 Å². The molecular weight excluding hydrogens is 208 g/mol. The lowest BCUT2D eigenvalue weighted by atomic mass is 10.0. The molecule has 2 unspecified atom stereocenters. The third-order valence-electron chi connectivity index (χ3n) is 4.82. The Hall–Kier alpha value is -0.0800.